The highest BCUT2D eigenvalue weighted by molar-refractivity contribution is 5.85. The molecule has 1 heterocycles. The van der Waals surface area contributed by atoms with E-state index in [1.807, 2.05) is 11.0 Å². The molecule has 2 atom stereocenters. The van der Waals surface area contributed by atoms with Crippen LogP contribution in [-0.4, -0.2) is 29.9 Å². The Hall–Kier alpha value is -1.06. The molecule has 1 saturated heterocycles. The summed E-state index contributed by atoms with van der Waals surface area (Å²) in [5.41, 5.74) is 6.80. The minimum absolute atomic E-state index is 0. The summed E-state index contributed by atoms with van der Waals surface area (Å²) in [6.45, 7) is 3.63. The molecule has 19 heavy (non-hydrogen) atoms. The van der Waals surface area contributed by atoms with E-state index in [0.717, 1.165) is 19.4 Å². The van der Waals surface area contributed by atoms with Crippen molar-refractivity contribution in [2.75, 3.05) is 13.1 Å². The first-order chi connectivity index (χ1) is 8.74. The largest absolute Gasteiger partial charge is 0.339 e. The van der Waals surface area contributed by atoms with Gasteiger partial charge in [0.2, 0.25) is 5.91 Å². The van der Waals surface area contributed by atoms with Crippen molar-refractivity contribution < 1.29 is 4.79 Å². The molecule has 1 aliphatic rings. The van der Waals surface area contributed by atoms with Gasteiger partial charge < -0.3 is 10.6 Å². The zero-order chi connectivity index (χ0) is 13.0. The molecule has 1 amide bonds. The molecule has 4 heteroatoms. The first-order valence-corrected chi connectivity index (χ1v) is 6.78. The molecule has 1 aromatic carbocycles. The van der Waals surface area contributed by atoms with Crippen molar-refractivity contribution in [1.29, 1.82) is 0 Å². The second-order valence-corrected chi connectivity index (χ2v) is 5.03. The molecular formula is C15H23ClN2O. The van der Waals surface area contributed by atoms with E-state index >= 15 is 0 Å². The van der Waals surface area contributed by atoms with E-state index in [-0.39, 0.29) is 18.3 Å². The molecule has 0 bridgehead atoms. The number of nitrogens with zero attached hydrogens (tertiary/aromatic N) is 1. The SMILES string of the molecule is CC1C(c2ccccc2)CCN1C(=O)CCCN.Cl. The number of hydrogen-bond acceptors (Lipinski definition) is 2. The van der Waals surface area contributed by atoms with Crippen LogP contribution >= 0.6 is 12.4 Å². The summed E-state index contributed by atoms with van der Waals surface area (Å²) in [5, 5.41) is 0. The summed E-state index contributed by atoms with van der Waals surface area (Å²) in [4.78, 5) is 14.1. The molecule has 0 aliphatic carbocycles. The minimum Gasteiger partial charge on any atom is -0.339 e. The van der Waals surface area contributed by atoms with Crippen LogP contribution in [0.5, 0.6) is 0 Å². The molecule has 2 rings (SSSR count). The topological polar surface area (TPSA) is 46.3 Å². The number of hydrogen-bond donors (Lipinski definition) is 1. The number of amides is 1. The molecular weight excluding hydrogens is 260 g/mol. The Labute approximate surface area is 121 Å². The molecule has 3 nitrogen and oxygen atoms in total. The summed E-state index contributed by atoms with van der Waals surface area (Å²) in [6.07, 6.45) is 2.44. The summed E-state index contributed by atoms with van der Waals surface area (Å²) < 4.78 is 0. The summed E-state index contributed by atoms with van der Waals surface area (Å²) in [5.74, 6) is 0.736. The molecule has 1 aliphatic heterocycles. The van der Waals surface area contributed by atoms with Crippen molar-refractivity contribution in [3.8, 4) is 0 Å². The Bertz CT molecular complexity index is 396. The standard InChI is InChI=1S/C15H22N2O.ClH/c1-12-14(13-6-3-2-4-7-13)9-11-17(12)15(18)8-5-10-16;/h2-4,6-7,12,14H,5,8-11,16H2,1H3;1H. The van der Waals surface area contributed by atoms with Crippen molar-refractivity contribution in [2.45, 2.75) is 38.1 Å². The normalized spacial score (nSPS) is 22.1. The van der Waals surface area contributed by atoms with Crippen molar-refractivity contribution in [1.82, 2.24) is 4.90 Å². The maximum Gasteiger partial charge on any atom is 0.222 e. The van der Waals surface area contributed by atoms with Crippen LogP contribution < -0.4 is 5.73 Å². The first kappa shape index (κ1) is 16.0. The van der Waals surface area contributed by atoms with Gasteiger partial charge in [-0.3, -0.25) is 4.79 Å². The minimum atomic E-state index is 0. The fourth-order valence-electron chi connectivity index (χ4n) is 2.83. The van der Waals surface area contributed by atoms with E-state index in [1.165, 1.54) is 5.56 Å². The number of halogens is 1. The highest BCUT2D eigenvalue weighted by atomic mass is 35.5. The van der Waals surface area contributed by atoms with Gasteiger partial charge >= 0.3 is 0 Å². The van der Waals surface area contributed by atoms with Gasteiger partial charge in [0.25, 0.3) is 0 Å². The zero-order valence-corrected chi connectivity index (χ0v) is 12.2. The van der Waals surface area contributed by atoms with Gasteiger partial charge in [-0.1, -0.05) is 30.3 Å². The van der Waals surface area contributed by atoms with Gasteiger partial charge in [-0.05, 0) is 31.9 Å². The highest BCUT2D eigenvalue weighted by Gasteiger charge is 2.33. The lowest BCUT2D eigenvalue weighted by atomic mass is 9.93. The van der Waals surface area contributed by atoms with Crippen LogP contribution in [0.4, 0.5) is 0 Å². The van der Waals surface area contributed by atoms with Crippen molar-refractivity contribution >= 4 is 18.3 Å². The average molecular weight is 283 g/mol. The Morgan fingerprint density at radius 1 is 1.37 bits per heavy atom. The quantitative estimate of drug-likeness (QED) is 0.922. The Kier molecular flexibility index (Phi) is 6.32. The van der Waals surface area contributed by atoms with Gasteiger partial charge in [-0.15, -0.1) is 12.4 Å². The molecule has 0 aromatic heterocycles. The van der Waals surface area contributed by atoms with Crippen LogP contribution in [0.25, 0.3) is 0 Å². The molecule has 106 valence electrons. The Morgan fingerprint density at radius 2 is 2.05 bits per heavy atom. The van der Waals surface area contributed by atoms with E-state index in [1.54, 1.807) is 0 Å². The predicted octanol–water partition coefficient (Wildman–Crippen LogP) is 2.55. The second kappa shape index (κ2) is 7.51. The van der Waals surface area contributed by atoms with Gasteiger partial charge in [-0.25, -0.2) is 0 Å². The van der Waals surface area contributed by atoms with E-state index in [4.69, 9.17) is 5.73 Å². The lowest BCUT2D eigenvalue weighted by Crippen LogP contribution is -2.35. The number of carbonyl (C=O) groups is 1. The molecule has 0 spiro atoms. The van der Waals surface area contributed by atoms with Crippen LogP contribution in [0.2, 0.25) is 0 Å². The third-order valence-corrected chi connectivity index (χ3v) is 3.90. The Morgan fingerprint density at radius 3 is 2.68 bits per heavy atom. The van der Waals surface area contributed by atoms with E-state index in [9.17, 15) is 4.79 Å². The smallest absolute Gasteiger partial charge is 0.222 e. The first-order valence-electron chi connectivity index (χ1n) is 6.78. The van der Waals surface area contributed by atoms with Crippen LogP contribution in [0.1, 0.15) is 37.7 Å². The molecule has 1 fully saturated rings. The number of carbonyl (C=O) groups excluding carboxylic acids is 1. The molecule has 0 radical (unpaired) electrons. The summed E-state index contributed by atoms with van der Waals surface area (Å²) >= 11 is 0. The summed E-state index contributed by atoms with van der Waals surface area (Å²) in [6, 6.07) is 10.8. The molecule has 0 saturated carbocycles. The van der Waals surface area contributed by atoms with Crippen LogP contribution in [0.3, 0.4) is 0 Å². The monoisotopic (exact) mass is 282 g/mol. The number of rotatable bonds is 4. The fraction of sp³-hybridized carbons (Fsp3) is 0.533. The average Bonchev–Trinajstić information content (AvgIpc) is 2.79. The number of likely N-dealkylation sites (tertiary alicyclic amines) is 1. The van der Waals surface area contributed by atoms with Crippen LogP contribution in [0, 0.1) is 0 Å². The number of benzene rings is 1. The maximum absolute atomic E-state index is 12.1. The van der Waals surface area contributed by atoms with E-state index in [2.05, 4.69) is 31.2 Å². The van der Waals surface area contributed by atoms with Crippen LogP contribution in [0.15, 0.2) is 30.3 Å². The van der Waals surface area contributed by atoms with E-state index in [0.29, 0.717) is 24.9 Å². The molecule has 2 N–H and O–H groups in total. The van der Waals surface area contributed by atoms with Gasteiger partial charge in [-0.2, -0.15) is 0 Å². The third kappa shape index (κ3) is 3.71. The van der Waals surface area contributed by atoms with E-state index < -0.39 is 0 Å². The molecule has 1 aromatic rings. The van der Waals surface area contributed by atoms with Crippen molar-refractivity contribution in [2.24, 2.45) is 5.73 Å². The summed E-state index contributed by atoms with van der Waals surface area (Å²) in [7, 11) is 0. The predicted molar refractivity (Wildman–Crippen MR) is 80.5 cm³/mol. The van der Waals surface area contributed by atoms with Crippen molar-refractivity contribution in [3.63, 3.8) is 0 Å². The second-order valence-electron chi connectivity index (χ2n) is 5.03. The maximum atomic E-state index is 12.1. The molecule has 2 unspecified atom stereocenters. The van der Waals surface area contributed by atoms with Crippen molar-refractivity contribution in [3.05, 3.63) is 35.9 Å². The van der Waals surface area contributed by atoms with Gasteiger partial charge in [0.05, 0.1) is 0 Å². The highest BCUT2D eigenvalue weighted by Crippen LogP contribution is 2.33. The Balaban J connectivity index is 0.00000180. The fourth-order valence-corrected chi connectivity index (χ4v) is 2.83. The third-order valence-electron chi connectivity index (χ3n) is 3.90. The lowest BCUT2D eigenvalue weighted by Gasteiger charge is -2.25. The van der Waals surface area contributed by atoms with Gasteiger partial charge in [0.15, 0.2) is 0 Å². The zero-order valence-electron chi connectivity index (χ0n) is 11.4. The van der Waals surface area contributed by atoms with Crippen LogP contribution in [-0.2, 0) is 4.79 Å². The number of nitrogens with two attached hydrogens (primary N) is 1. The van der Waals surface area contributed by atoms with Gasteiger partial charge in [0.1, 0.15) is 0 Å². The van der Waals surface area contributed by atoms with Gasteiger partial charge in [0, 0.05) is 24.9 Å². The lowest BCUT2D eigenvalue weighted by molar-refractivity contribution is -0.131.